The highest BCUT2D eigenvalue weighted by atomic mass is 16.5. The lowest BCUT2D eigenvalue weighted by molar-refractivity contribution is 0.110. The van der Waals surface area contributed by atoms with E-state index in [1.165, 1.54) is 37.7 Å². The molecule has 4 unspecified atom stereocenters. The van der Waals surface area contributed by atoms with Gasteiger partial charge in [-0.3, -0.25) is 0 Å². The molecule has 2 nitrogen and oxygen atoms in total. The van der Waals surface area contributed by atoms with Crippen molar-refractivity contribution < 1.29 is 4.74 Å². The zero-order chi connectivity index (χ0) is 14.7. The number of hydrogen-bond acceptors (Lipinski definition) is 2. The van der Waals surface area contributed by atoms with Crippen molar-refractivity contribution in [2.75, 3.05) is 6.54 Å². The lowest BCUT2D eigenvalue weighted by Gasteiger charge is -2.36. The Balaban J connectivity index is 1.71. The third-order valence-corrected chi connectivity index (χ3v) is 5.19. The fraction of sp³-hybridized carbons (Fsp3) is 0.684. The molecule has 1 fully saturated rings. The van der Waals surface area contributed by atoms with Crippen molar-refractivity contribution in [1.29, 1.82) is 0 Å². The topological polar surface area (TPSA) is 21.3 Å². The van der Waals surface area contributed by atoms with Crippen molar-refractivity contribution in [3.63, 3.8) is 0 Å². The fourth-order valence-corrected chi connectivity index (χ4v) is 4.13. The van der Waals surface area contributed by atoms with E-state index in [9.17, 15) is 0 Å². The number of para-hydroxylation sites is 1. The van der Waals surface area contributed by atoms with E-state index >= 15 is 0 Å². The van der Waals surface area contributed by atoms with Gasteiger partial charge in [-0.2, -0.15) is 0 Å². The third-order valence-electron chi connectivity index (χ3n) is 5.19. The molecule has 4 atom stereocenters. The van der Waals surface area contributed by atoms with Crippen molar-refractivity contribution in [1.82, 2.24) is 5.32 Å². The van der Waals surface area contributed by atoms with Crippen LogP contribution in [0.25, 0.3) is 0 Å². The van der Waals surface area contributed by atoms with E-state index < -0.39 is 0 Å². The maximum Gasteiger partial charge on any atom is 0.123 e. The van der Waals surface area contributed by atoms with Gasteiger partial charge < -0.3 is 10.1 Å². The third kappa shape index (κ3) is 3.42. The van der Waals surface area contributed by atoms with E-state index in [4.69, 9.17) is 4.74 Å². The van der Waals surface area contributed by atoms with Gasteiger partial charge in [-0.15, -0.1) is 0 Å². The van der Waals surface area contributed by atoms with Gasteiger partial charge in [0.15, 0.2) is 0 Å². The van der Waals surface area contributed by atoms with Crippen molar-refractivity contribution >= 4 is 0 Å². The van der Waals surface area contributed by atoms with Gasteiger partial charge in [0, 0.05) is 12.5 Å². The van der Waals surface area contributed by atoms with Crippen LogP contribution < -0.4 is 10.1 Å². The molecule has 1 aliphatic carbocycles. The molecule has 0 spiro atoms. The summed E-state index contributed by atoms with van der Waals surface area (Å²) in [4.78, 5) is 0. The summed E-state index contributed by atoms with van der Waals surface area (Å²) in [5.74, 6) is 2.76. The molecule has 0 bridgehead atoms. The predicted octanol–water partition coefficient (Wildman–Crippen LogP) is 4.18. The van der Waals surface area contributed by atoms with Gasteiger partial charge in [0.2, 0.25) is 0 Å². The first kappa shape index (κ1) is 14.9. The monoisotopic (exact) mass is 287 g/mol. The SMILES string of the molecule is CCCNC(C1CCCC(C)C1)C1Cc2ccccc2O1. The molecule has 116 valence electrons. The molecule has 0 radical (unpaired) electrons. The summed E-state index contributed by atoms with van der Waals surface area (Å²) in [6.45, 7) is 5.76. The fourth-order valence-electron chi connectivity index (χ4n) is 4.13. The molecule has 1 N–H and O–H groups in total. The summed E-state index contributed by atoms with van der Waals surface area (Å²) in [6, 6.07) is 9.06. The molecular formula is C19H29NO. The normalized spacial score (nSPS) is 29.7. The second-order valence-corrected chi connectivity index (χ2v) is 6.98. The molecule has 21 heavy (non-hydrogen) atoms. The minimum atomic E-state index is 0.323. The quantitative estimate of drug-likeness (QED) is 0.877. The number of nitrogens with one attached hydrogen (secondary N) is 1. The van der Waals surface area contributed by atoms with Crippen LogP contribution in [0.5, 0.6) is 5.75 Å². The van der Waals surface area contributed by atoms with E-state index in [2.05, 4.69) is 43.4 Å². The van der Waals surface area contributed by atoms with Crippen LogP contribution in [-0.2, 0) is 6.42 Å². The Morgan fingerprint density at radius 1 is 1.29 bits per heavy atom. The summed E-state index contributed by atoms with van der Waals surface area (Å²) >= 11 is 0. The zero-order valence-corrected chi connectivity index (χ0v) is 13.5. The molecule has 1 heterocycles. The largest absolute Gasteiger partial charge is 0.488 e. The van der Waals surface area contributed by atoms with Crippen LogP contribution in [0.4, 0.5) is 0 Å². The predicted molar refractivity (Wildman–Crippen MR) is 87.8 cm³/mol. The van der Waals surface area contributed by atoms with Crippen molar-refractivity contribution in [2.45, 2.75) is 64.5 Å². The summed E-state index contributed by atoms with van der Waals surface area (Å²) < 4.78 is 6.29. The van der Waals surface area contributed by atoms with Crippen LogP contribution in [0.2, 0.25) is 0 Å². The van der Waals surface area contributed by atoms with E-state index in [0.29, 0.717) is 12.1 Å². The number of benzene rings is 1. The number of rotatable bonds is 5. The van der Waals surface area contributed by atoms with E-state index in [0.717, 1.165) is 30.6 Å². The molecule has 1 aromatic rings. The first-order valence-electron chi connectivity index (χ1n) is 8.76. The maximum atomic E-state index is 6.29. The van der Waals surface area contributed by atoms with Crippen molar-refractivity contribution in [3.05, 3.63) is 29.8 Å². The highest BCUT2D eigenvalue weighted by Gasteiger charge is 2.36. The summed E-state index contributed by atoms with van der Waals surface area (Å²) in [6.07, 6.45) is 8.10. The van der Waals surface area contributed by atoms with Crippen molar-refractivity contribution in [3.8, 4) is 5.75 Å². The van der Waals surface area contributed by atoms with Crippen LogP contribution in [0.3, 0.4) is 0 Å². The molecule has 0 saturated heterocycles. The molecule has 2 aliphatic rings. The minimum absolute atomic E-state index is 0.323. The first-order chi connectivity index (χ1) is 10.3. The Bertz CT molecular complexity index is 434. The van der Waals surface area contributed by atoms with Crippen LogP contribution in [0.1, 0.15) is 51.5 Å². The van der Waals surface area contributed by atoms with E-state index in [1.54, 1.807) is 0 Å². The van der Waals surface area contributed by atoms with E-state index in [1.807, 2.05) is 0 Å². The molecule has 0 aromatic heterocycles. The average molecular weight is 287 g/mol. The van der Waals surface area contributed by atoms with Crippen LogP contribution in [0.15, 0.2) is 24.3 Å². The Morgan fingerprint density at radius 2 is 2.14 bits per heavy atom. The second kappa shape index (κ2) is 6.83. The minimum Gasteiger partial charge on any atom is -0.488 e. The Hall–Kier alpha value is -1.02. The van der Waals surface area contributed by atoms with Gasteiger partial charge in [0.25, 0.3) is 0 Å². The Kier molecular flexibility index (Phi) is 4.84. The van der Waals surface area contributed by atoms with Crippen LogP contribution in [-0.4, -0.2) is 18.7 Å². The first-order valence-corrected chi connectivity index (χ1v) is 8.76. The Labute approximate surface area is 129 Å². The summed E-state index contributed by atoms with van der Waals surface area (Å²) in [7, 11) is 0. The van der Waals surface area contributed by atoms with Gasteiger partial charge in [0.05, 0.1) is 0 Å². The standard InChI is InChI=1S/C19H29NO/c1-3-11-20-19(16-9-6-7-14(2)12-16)18-13-15-8-4-5-10-17(15)21-18/h4-5,8,10,14,16,18-20H,3,6-7,9,11-13H2,1-2H3. The highest BCUT2D eigenvalue weighted by molar-refractivity contribution is 5.37. The molecule has 0 amide bonds. The lowest BCUT2D eigenvalue weighted by atomic mass is 9.76. The lowest BCUT2D eigenvalue weighted by Crippen LogP contribution is -2.49. The van der Waals surface area contributed by atoms with Gasteiger partial charge in [-0.1, -0.05) is 44.9 Å². The molecular weight excluding hydrogens is 258 g/mol. The Morgan fingerprint density at radius 3 is 2.90 bits per heavy atom. The van der Waals surface area contributed by atoms with E-state index in [-0.39, 0.29) is 0 Å². The van der Waals surface area contributed by atoms with Crippen molar-refractivity contribution in [2.24, 2.45) is 11.8 Å². The number of fused-ring (bicyclic) bond motifs is 1. The molecule has 1 aliphatic heterocycles. The summed E-state index contributed by atoms with van der Waals surface area (Å²) in [5.41, 5.74) is 1.38. The molecule has 1 aromatic carbocycles. The van der Waals surface area contributed by atoms with Gasteiger partial charge >= 0.3 is 0 Å². The molecule has 1 saturated carbocycles. The van der Waals surface area contributed by atoms with Gasteiger partial charge in [-0.25, -0.2) is 0 Å². The smallest absolute Gasteiger partial charge is 0.123 e. The van der Waals surface area contributed by atoms with Crippen LogP contribution >= 0.6 is 0 Å². The van der Waals surface area contributed by atoms with Crippen LogP contribution in [0, 0.1) is 11.8 Å². The molecule has 2 heteroatoms. The van der Waals surface area contributed by atoms with Gasteiger partial charge in [0.1, 0.15) is 11.9 Å². The zero-order valence-electron chi connectivity index (χ0n) is 13.5. The maximum absolute atomic E-state index is 6.29. The summed E-state index contributed by atoms with van der Waals surface area (Å²) in [5, 5.41) is 3.81. The highest BCUT2D eigenvalue weighted by Crippen LogP contribution is 2.36. The number of hydrogen-bond donors (Lipinski definition) is 1. The average Bonchev–Trinajstić information content (AvgIpc) is 2.91. The second-order valence-electron chi connectivity index (χ2n) is 6.98. The van der Waals surface area contributed by atoms with Gasteiger partial charge in [-0.05, 0) is 49.3 Å². The number of ether oxygens (including phenoxy) is 1. The molecule has 3 rings (SSSR count).